The molecular formula is C12H17F3N2O2Si. The van der Waals surface area contributed by atoms with Gasteiger partial charge in [-0.1, -0.05) is 19.6 Å². The molecule has 1 aromatic heterocycles. The number of carbonyl (C=O) groups excluding carboxylic acids is 1. The van der Waals surface area contributed by atoms with Crippen molar-refractivity contribution in [3.63, 3.8) is 0 Å². The fourth-order valence-electron chi connectivity index (χ4n) is 1.41. The molecule has 20 heavy (non-hydrogen) atoms. The van der Waals surface area contributed by atoms with Gasteiger partial charge in [-0.25, -0.2) is 4.98 Å². The Labute approximate surface area is 116 Å². The van der Waals surface area contributed by atoms with Crippen LogP contribution >= 0.6 is 0 Å². The summed E-state index contributed by atoms with van der Waals surface area (Å²) in [6.07, 6.45) is -3.88. The molecule has 0 radical (unpaired) electrons. The van der Waals surface area contributed by atoms with Crippen molar-refractivity contribution in [3.05, 3.63) is 23.4 Å². The van der Waals surface area contributed by atoms with Crippen molar-refractivity contribution in [3.8, 4) is 5.88 Å². The number of halogens is 3. The van der Waals surface area contributed by atoms with Gasteiger partial charge < -0.3 is 10.5 Å². The van der Waals surface area contributed by atoms with E-state index in [1.807, 2.05) is 0 Å². The lowest BCUT2D eigenvalue weighted by Gasteiger charge is -2.16. The molecule has 0 saturated carbocycles. The Bertz CT molecular complexity index is 498. The summed E-state index contributed by atoms with van der Waals surface area (Å²) in [7, 11) is -1.34. The van der Waals surface area contributed by atoms with E-state index in [1.54, 1.807) is 0 Å². The summed E-state index contributed by atoms with van der Waals surface area (Å²) in [4.78, 5) is 14.7. The Balaban J connectivity index is 2.93. The number of nitrogens with zero attached hydrogens (tertiary/aromatic N) is 1. The van der Waals surface area contributed by atoms with Crippen LogP contribution < -0.4 is 10.5 Å². The third-order valence-electron chi connectivity index (χ3n) is 2.55. The van der Waals surface area contributed by atoms with Crippen molar-refractivity contribution in [1.82, 2.24) is 4.98 Å². The molecular weight excluding hydrogens is 289 g/mol. The van der Waals surface area contributed by atoms with Crippen LogP contribution in [0, 0.1) is 0 Å². The summed E-state index contributed by atoms with van der Waals surface area (Å²) in [6.45, 7) is 6.68. The number of hydrogen-bond acceptors (Lipinski definition) is 3. The molecule has 4 nitrogen and oxygen atoms in total. The van der Waals surface area contributed by atoms with E-state index in [4.69, 9.17) is 10.5 Å². The fraction of sp³-hybridized carbons (Fsp3) is 0.500. The molecule has 0 aromatic carbocycles. The quantitative estimate of drug-likeness (QED) is 0.851. The first kappa shape index (κ1) is 16.5. The van der Waals surface area contributed by atoms with Gasteiger partial charge in [-0.2, -0.15) is 13.2 Å². The molecule has 0 spiro atoms. The zero-order valence-corrected chi connectivity index (χ0v) is 12.5. The zero-order valence-electron chi connectivity index (χ0n) is 11.5. The molecule has 1 aromatic rings. The van der Waals surface area contributed by atoms with E-state index in [1.165, 1.54) is 0 Å². The number of carbonyl (C=O) groups is 1. The number of nitrogens with two attached hydrogens (primary N) is 1. The standard InChI is InChI=1S/C12H17F3N2O2Si/c1-20(2,3)5-4-19-10-6-9(12(13,14)15)8(7-17-10)11(16)18/h6-7H,4-5H2,1-3H3,(H2,16,18). The summed E-state index contributed by atoms with van der Waals surface area (Å²) in [5.74, 6) is -1.32. The van der Waals surface area contributed by atoms with Gasteiger partial charge in [-0.15, -0.1) is 0 Å². The van der Waals surface area contributed by atoms with Crippen LogP contribution in [-0.2, 0) is 6.18 Å². The molecule has 0 aliphatic heterocycles. The number of rotatable bonds is 5. The second kappa shape index (κ2) is 5.82. The van der Waals surface area contributed by atoms with Crippen LogP contribution in [0.15, 0.2) is 12.3 Å². The molecule has 1 heterocycles. The first-order chi connectivity index (χ1) is 9.00. The first-order valence-electron chi connectivity index (χ1n) is 6.00. The monoisotopic (exact) mass is 306 g/mol. The summed E-state index contributed by atoms with van der Waals surface area (Å²) in [5.41, 5.74) is 3.12. The third-order valence-corrected chi connectivity index (χ3v) is 4.26. The van der Waals surface area contributed by atoms with Crippen LogP contribution in [0.1, 0.15) is 15.9 Å². The van der Waals surface area contributed by atoms with Crippen LogP contribution in [0.25, 0.3) is 0 Å². The van der Waals surface area contributed by atoms with Gasteiger partial charge in [0, 0.05) is 20.3 Å². The van der Waals surface area contributed by atoms with Gasteiger partial charge in [0.15, 0.2) is 0 Å². The van der Waals surface area contributed by atoms with E-state index < -0.39 is 31.3 Å². The maximum absolute atomic E-state index is 12.8. The minimum Gasteiger partial charge on any atom is -0.478 e. The number of pyridine rings is 1. The van der Waals surface area contributed by atoms with Crippen molar-refractivity contribution in [2.45, 2.75) is 31.9 Å². The van der Waals surface area contributed by atoms with E-state index in [-0.39, 0.29) is 5.88 Å². The minimum atomic E-state index is -4.68. The average molecular weight is 306 g/mol. The van der Waals surface area contributed by atoms with Gasteiger partial charge in [0.05, 0.1) is 17.7 Å². The van der Waals surface area contributed by atoms with Crippen molar-refractivity contribution < 1.29 is 22.7 Å². The highest BCUT2D eigenvalue weighted by Crippen LogP contribution is 2.33. The van der Waals surface area contributed by atoms with Crippen molar-refractivity contribution in [2.75, 3.05) is 6.61 Å². The molecule has 0 bridgehead atoms. The number of primary amides is 1. The highest BCUT2D eigenvalue weighted by molar-refractivity contribution is 6.76. The van der Waals surface area contributed by atoms with Crippen molar-refractivity contribution in [2.24, 2.45) is 5.73 Å². The van der Waals surface area contributed by atoms with E-state index in [0.29, 0.717) is 12.7 Å². The van der Waals surface area contributed by atoms with E-state index in [2.05, 4.69) is 24.6 Å². The zero-order chi connectivity index (χ0) is 15.6. The van der Waals surface area contributed by atoms with E-state index >= 15 is 0 Å². The van der Waals surface area contributed by atoms with Crippen LogP contribution in [0.2, 0.25) is 25.7 Å². The lowest BCUT2D eigenvalue weighted by molar-refractivity contribution is -0.138. The van der Waals surface area contributed by atoms with Crippen LogP contribution in [0.3, 0.4) is 0 Å². The fourth-order valence-corrected chi connectivity index (χ4v) is 2.12. The number of ether oxygens (including phenoxy) is 1. The highest BCUT2D eigenvalue weighted by atomic mass is 28.3. The van der Waals surface area contributed by atoms with Crippen LogP contribution in [-0.4, -0.2) is 25.6 Å². The molecule has 8 heteroatoms. The number of alkyl halides is 3. The largest absolute Gasteiger partial charge is 0.478 e. The topological polar surface area (TPSA) is 65.2 Å². The average Bonchev–Trinajstić information content (AvgIpc) is 2.25. The second-order valence-electron chi connectivity index (χ2n) is 5.59. The Hall–Kier alpha value is -1.57. The van der Waals surface area contributed by atoms with Crippen molar-refractivity contribution >= 4 is 14.0 Å². The van der Waals surface area contributed by atoms with Crippen LogP contribution in [0.4, 0.5) is 13.2 Å². The van der Waals surface area contributed by atoms with Gasteiger partial charge in [0.2, 0.25) is 5.88 Å². The minimum absolute atomic E-state index is 0.152. The number of hydrogen-bond donors (Lipinski definition) is 1. The van der Waals surface area contributed by atoms with E-state index in [0.717, 1.165) is 12.2 Å². The van der Waals surface area contributed by atoms with Gasteiger partial charge >= 0.3 is 6.18 Å². The molecule has 112 valence electrons. The predicted octanol–water partition coefficient (Wildman–Crippen LogP) is 2.92. The normalized spacial score (nSPS) is 12.3. The Morgan fingerprint density at radius 3 is 2.45 bits per heavy atom. The molecule has 0 aliphatic rings. The molecule has 0 aliphatic carbocycles. The molecule has 2 N–H and O–H groups in total. The summed E-state index contributed by atoms with van der Waals surface area (Å²) >= 11 is 0. The summed E-state index contributed by atoms with van der Waals surface area (Å²) in [6, 6.07) is 1.51. The van der Waals surface area contributed by atoms with E-state index in [9.17, 15) is 18.0 Å². The number of amides is 1. The van der Waals surface area contributed by atoms with Gasteiger partial charge in [-0.05, 0) is 6.04 Å². The molecule has 1 amide bonds. The first-order valence-corrected chi connectivity index (χ1v) is 9.71. The summed E-state index contributed by atoms with van der Waals surface area (Å²) in [5, 5.41) is 0. The lowest BCUT2D eigenvalue weighted by atomic mass is 10.1. The maximum atomic E-state index is 12.8. The Morgan fingerprint density at radius 2 is 2.00 bits per heavy atom. The summed E-state index contributed by atoms with van der Waals surface area (Å²) < 4.78 is 43.7. The SMILES string of the molecule is C[Si](C)(C)CCOc1cc(C(F)(F)F)c(C(N)=O)cn1. The maximum Gasteiger partial charge on any atom is 0.417 e. The molecule has 0 fully saturated rings. The molecule has 0 atom stereocenters. The third kappa shape index (κ3) is 4.84. The lowest BCUT2D eigenvalue weighted by Crippen LogP contribution is -2.23. The smallest absolute Gasteiger partial charge is 0.417 e. The molecule has 1 rings (SSSR count). The van der Waals surface area contributed by atoms with Gasteiger partial charge in [-0.3, -0.25) is 4.79 Å². The number of aromatic nitrogens is 1. The van der Waals surface area contributed by atoms with Crippen LogP contribution in [0.5, 0.6) is 5.88 Å². The highest BCUT2D eigenvalue weighted by Gasteiger charge is 2.35. The van der Waals surface area contributed by atoms with Gasteiger partial charge in [0.1, 0.15) is 0 Å². The van der Waals surface area contributed by atoms with Gasteiger partial charge in [0.25, 0.3) is 5.91 Å². The predicted molar refractivity (Wildman–Crippen MR) is 71.4 cm³/mol. The Morgan fingerprint density at radius 1 is 1.40 bits per heavy atom. The van der Waals surface area contributed by atoms with Crippen molar-refractivity contribution in [1.29, 1.82) is 0 Å². The Kier molecular flexibility index (Phi) is 4.80. The molecule has 0 saturated heterocycles. The second-order valence-corrected chi connectivity index (χ2v) is 11.2. The molecule has 0 unspecified atom stereocenters.